The molecule has 0 saturated carbocycles. The fourth-order valence-electron chi connectivity index (χ4n) is 5.90. The van der Waals surface area contributed by atoms with Crippen LogP contribution in [0.25, 0.3) is 6.08 Å². The number of aliphatic hydroxyl groups is 1. The Labute approximate surface area is 257 Å². The van der Waals surface area contributed by atoms with Crippen molar-refractivity contribution in [2.24, 2.45) is 4.99 Å². The number of fused-ring (bicyclic) bond motifs is 3. The van der Waals surface area contributed by atoms with Crippen LogP contribution in [0.1, 0.15) is 41.2 Å². The number of carbonyl (C=O) groups excluding carboxylic acids is 2. The molecule has 9 nitrogen and oxygen atoms in total. The van der Waals surface area contributed by atoms with Crippen LogP contribution in [-0.4, -0.2) is 84.2 Å². The van der Waals surface area contributed by atoms with Crippen LogP contribution in [0, 0.1) is 0 Å². The van der Waals surface area contributed by atoms with E-state index in [0.29, 0.717) is 57.5 Å². The highest BCUT2D eigenvalue weighted by Gasteiger charge is 2.56. The quantitative estimate of drug-likeness (QED) is 0.356. The van der Waals surface area contributed by atoms with E-state index in [0.717, 1.165) is 22.3 Å². The van der Waals surface area contributed by atoms with Crippen molar-refractivity contribution in [2.75, 3.05) is 46.1 Å². The molecular formula is C35H37N3O6. The number of ether oxygens (including phenoxy) is 3. The molecule has 1 fully saturated rings. The average Bonchev–Trinajstić information content (AvgIpc) is 3.42. The fraction of sp³-hybridized carbons (Fsp3) is 0.343. The van der Waals surface area contributed by atoms with E-state index in [1.54, 1.807) is 9.80 Å². The molecule has 2 amide bonds. The molecule has 44 heavy (non-hydrogen) atoms. The first-order valence-electron chi connectivity index (χ1n) is 15.1. The molecule has 3 aromatic carbocycles. The Bertz CT molecular complexity index is 1520. The van der Waals surface area contributed by atoms with E-state index in [1.807, 2.05) is 91.0 Å². The molecule has 0 unspecified atom stereocenters. The molecular weight excluding hydrogens is 558 g/mol. The van der Waals surface area contributed by atoms with Crippen molar-refractivity contribution in [3.63, 3.8) is 0 Å². The van der Waals surface area contributed by atoms with Crippen molar-refractivity contribution in [3.05, 3.63) is 107 Å². The second-order valence-electron chi connectivity index (χ2n) is 11.2. The lowest BCUT2D eigenvalue weighted by atomic mass is 9.84. The van der Waals surface area contributed by atoms with Crippen molar-refractivity contribution < 1.29 is 28.9 Å². The largest absolute Gasteiger partial charge is 0.494 e. The van der Waals surface area contributed by atoms with E-state index in [9.17, 15) is 9.59 Å². The van der Waals surface area contributed by atoms with Crippen LogP contribution in [0.5, 0.6) is 5.75 Å². The van der Waals surface area contributed by atoms with Crippen LogP contribution < -0.4 is 4.74 Å². The lowest BCUT2D eigenvalue weighted by Crippen LogP contribution is -2.52. The standard InChI is InChI=1S/C35H37N3O6/c39-20-7-21-43-29-15-13-27(14-16-29)33-36-35(17-6-10-26-8-2-1-3-9-26)32(44-33)30-12-5-4-11-28(30)24-38(34(35)41)25-31(40)37-18-22-42-23-19-37/h1-6,8-16,32,39H,7,17-25H2/b10-6+/t32-,35-/m1/s1. The zero-order chi connectivity index (χ0) is 30.4. The molecule has 1 N–H and O–H groups in total. The molecule has 6 rings (SSSR count). The van der Waals surface area contributed by atoms with Gasteiger partial charge in [-0.3, -0.25) is 9.59 Å². The van der Waals surface area contributed by atoms with Gasteiger partial charge in [-0.1, -0.05) is 66.7 Å². The smallest absolute Gasteiger partial charge is 0.255 e. The van der Waals surface area contributed by atoms with E-state index in [4.69, 9.17) is 24.3 Å². The van der Waals surface area contributed by atoms with Crippen molar-refractivity contribution in [2.45, 2.75) is 31.0 Å². The topological polar surface area (TPSA) is 101 Å². The van der Waals surface area contributed by atoms with Crippen LogP contribution in [0.4, 0.5) is 0 Å². The number of rotatable bonds is 10. The Kier molecular flexibility index (Phi) is 9.04. The summed E-state index contributed by atoms with van der Waals surface area (Å²) >= 11 is 0. The molecule has 3 aliphatic rings. The molecule has 228 valence electrons. The summed E-state index contributed by atoms with van der Waals surface area (Å²) in [6.45, 7) is 2.73. The van der Waals surface area contributed by atoms with Gasteiger partial charge in [0, 0.05) is 50.2 Å². The SMILES string of the molecule is O=C(CN1Cc2ccccc2[C@H]2OC(c3ccc(OCCCO)cc3)=N[C@@]2(C/C=C/c2ccccc2)C1=O)N1CCOCC1. The van der Waals surface area contributed by atoms with Crippen molar-refractivity contribution in [1.82, 2.24) is 9.80 Å². The van der Waals surface area contributed by atoms with Crippen molar-refractivity contribution in [3.8, 4) is 5.75 Å². The maximum atomic E-state index is 14.7. The normalized spacial score (nSPS) is 21.3. The summed E-state index contributed by atoms with van der Waals surface area (Å²) < 4.78 is 17.8. The lowest BCUT2D eigenvalue weighted by Gasteiger charge is -2.33. The zero-order valence-corrected chi connectivity index (χ0v) is 24.6. The Morgan fingerprint density at radius 1 is 1.02 bits per heavy atom. The number of aliphatic imine (C=N–C) groups is 1. The first-order chi connectivity index (χ1) is 21.6. The Morgan fingerprint density at radius 3 is 2.55 bits per heavy atom. The van der Waals surface area contributed by atoms with Gasteiger partial charge in [0.05, 0.1) is 19.8 Å². The Balaban J connectivity index is 1.37. The number of hydrogen-bond donors (Lipinski definition) is 1. The number of amides is 2. The van der Waals surface area contributed by atoms with Crippen LogP contribution >= 0.6 is 0 Å². The summed E-state index contributed by atoms with van der Waals surface area (Å²) in [7, 11) is 0. The third-order valence-electron chi connectivity index (χ3n) is 8.22. The van der Waals surface area contributed by atoms with Crippen molar-refractivity contribution in [1.29, 1.82) is 0 Å². The molecule has 0 aromatic heterocycles. The molecule has 0 aliphatic carbocycles. The van der Waals surface area contributed by atoms with Gasteiger partial charge in [0.25, 0.3) is 5.91 Å². The number of morpholine rings is 1. The van der Waals surface area contributed by atoms with Gasteiger partial charge in [0.15, 0.2) is 11.6 Å². The molecule has 1 saturated heterocycles. The van der Waals surface area contributed by atoms with E-state index < -0.39 is 11.6 Å². The van der Waals surface area contributed by atoms with Gasteiger partial charge in [-0.05, 0) is 35.4 Å². The highest BCUT2D eigenvalue weighted by molar-refractivity contribution is 6.02. The van der Waals surface area contributed by atoms with E-state index in [2.05, 4.69) is 0 Å². The third-order valence-corrected chi connectivity index (χ3v) is 8.22. The molecule has 0 bridgehead atoms. The maximum absolute atomic E-state index is 14.7. The number of aliphatic hydroxyl groups excluding tert-OH is 1. The summed E-state index contributed by atoms with van der Waals surface area (Å²) in [6, 6.07) is 25.2. The van der Waals surface area contributed by atoms with E-state index in [-0.39, 0.29) is 31.4 Å². The molecule has 3 aliphatic heterocycles. The fourth-order valence-corrected chi connectivity index (χ4v) is 5.90. The number of benzene rings is 3. The summed E-state index contributed by atoms with van der Waals surface area (Å²) in [5.74, 6) is 0.698. The average molecular weight is 596 g/mol. The number of hydrogen-bond acceptors (Lipinski definition) is 7. The number of carbonyl (C=O) groups is 2. The second kappa shape index (κ2) is 13.4. The van der Waals surface area contributed by atoms with Gasteiger partial charge in [-0.15, -0.1) is 0 Å². The van der Waals surface area contributed by atoms with Gasteiger partial charge < -0.3 is 29.1 Å². The molecule has 0 radical (unpaired) electrons. The molecule has 3 aromatic rings. The Morgan fingerprint density at radius 2 is 1.77 bits per heavy atom. The monoisotopic (exact) mass is 595 g/mol. The van der Waals surface area contributed by atoms with Crippen LogP contribution in [0.2, 0.25) is 0 Å². The summed E-state index contributed by atoms with van der Waals surface area (Å²) in [4.78, 5) is 36.6. The van der Waals surface area contributed by atoms with Crippen LogP contribution in [0.15, 0.2) is 89.9 Å². The Hall–Kier alpha value is -4.47. The summed E-state index contributed by atoms with van der Waals surface area (Å²) in [5, 5.41) is 9.05. The maximum Gasteiger partial charge on any atom is 0.255 e. The van der Waals surface area contributed by atoms with Gasteiger partial charge in [0.1, 0.15) is 12.3 Å². The summed E-state index contributed by atoms with van der Waals surface area (Å²) in [6.07, 6.45) is 4.12. The highest BCUT2D eigenvalue weighted by Crippen LogP contribution is 2.47. The van der Waals surface area contributed by atoms with Gasteiger partial charge in [-0.25, -0.2) is 4.99 Å². The predicted molar refractivity (Wildman–Crippen MR) is 166 cm³/mol. The van der Waals surface area contributed by atoms with Gasteiger partial charge in [0.2, 0.25) is 11.8 Å². The minimum Gasteiger partial charge on any atom is -0.494 e. The summed E-state index contributed by atoms with van der Waals surface area (Å²) in [5.41, 5.74) is 2.24. The van der Waals surface area contributed by atoms with Crippen LogP contribution in [0.3, 0.4) is 0 Å². The third kappa shape index (κ3) is 6.25. The van der Waals surface area contributed by atoms with Crippen LogP contribution in [-0.2, 0) is 25.6 Å². The first-order valence-corrected chi connectivity index (χ1v) is 15.1. The lowest BCUT2D eigenvalue weighted by molar-refractivity contribution is -0.147. The molecule has 0 spiro atoms. The first kappa shape index (κ1) is 29.6. The predicted octanol–water partition coefficient (Wildman–Crippen LogP) is 4.01. The molecule has 9 heteroatoms. The van der Waals surface area contributed by atoms with Gasteiger partial charge >= 0.3 is 0 Å². The van der Waals surface area contributed by atoms with E-state index >= 15 is 0 Å². The second-order valence-corrected chi connectivity index (χ2v) is 11.2. The van der Waals surface area contributed by atoms with Gasteiger partial charge in [-0.2, -0.15) is 0 Å². The number of nitrogens with zero attached hydrogens (tertiary/aromatic N) is 3. The molecule has 3 heterocycles. The van der Waals surface area contributed by atoms with Crippen molar-refractivity contribution >= 4 is 23.8 Å². The molecule has 2 atom stereocenters. The zero-order valence-electron chi connectivity index (χ0n) is 24.6. The minimum atomic E-state index is -1.31. The highest BCUT2D eigenvalue weighted by atomic mass is 16.5. The van der Waals surface area contributed by atoms with E-state index in [1.165, 1.54) is 0 Å². The minimum absolute atomic E-state index is 0.0469.